The van der Waals surface area contributed by atoms with E-state index in [0.717, 1.165) is 93.3 Å². The molecule has 608 valence electrons. The average Bonchev–Trinajstić information content (AvgIpc) is 1.74. The minimum atomic E-state index is -0.603. The molecule has 17 aromatic carbocycles. The van der Waals surface area contributed by atoms with Gasteiger partial charge in [0.2, 0.25) is 0 Å². The highest BCUT2D eigenvalue weighted by Gasteiger charge is 2.54. The smallest absolute Gasteiger partial charge is 0.399 e. The summed E-state index contributed by atoms with van der Waals surface area (Å²) in [6.07, 6.45) is 0. The fourth-order valence-electron chi connectivity index (χ4n) is 16.3. The van der Waals surface area contributed by atoms with Crippen LogP contribution in [0.15, 0.2) is 375 Å². The maximum atomic E-state index is 6.52. The van der Waals surface area contributed by atoms with E-state index in [1.54, 1.807) is 0 Å². The predicted octanol–water partition coefficient (Wildman–Crippen LogP) is 27.9. The minimum absolute atomic E-state index is 0. The molecule has 2 fully saturated rings. The van der Waals surface area contributed by atoms with Gasteiger partial charge in [-0.15, -0.1) is 17.9 Å². The van der Waals surface area contributed by atoms with Crippen LogP contribution >= 0.6 is 33.8 Å². The third-order valence-electron chi connectivity index (χ3n) is 24.1. The van der Waals surface area contributed by atoms with Crippen LogP contribution in [0.5, 0.6) is 0 Å². The van der Waals surface area contributed by atoms with Gasteiger partial charge in [0.25, 0.3) is 0 Å². The number of rotatable bonds is 12. The second-order valence-corrected chi connectivity index (χ2v) is 34.0. The summed E-state index contributed by atoms with van der Waals surface area (Å²) in [5.41, 5.74) is 14.0. The van der Waals surface area contributed by atoms with Crippen LogP contribution in [0.4, 0.5) is 0 Å². The van der Waals surface area contributed by atoms with Gasteiger partial charge in [0.1, 0.15) is 0 Å². The lowest BCUT2D eigenvalue weighted by molar-refractivity contribution is 0.00578. The van der Waals surface area contributed by atoms with E-state index < -0.39 is 36.6 Å². The zero-order chi connectivity index (χ0) is 84.6. The van der Waals surface area contributed by atoms with Crippen LogP contribution in [0.3, 0.4) is 0 Å². The maximum Gasteiger partial charge on any atom is 0.494 e. The fourth-order valence-corrected chi connectivity index (χ4v) is 16.9. The van der Waals surface area contributed by atoms with Gasteiger partial charge >= 0.3 is 14.2 Å². The highest BCUT2D eigenvalue weighted by atomic mass is 79.9. The number of halogens is 1. The number of aromatic nitrogens is 6. The summed E-state index contributed by atoms with van der Waals surface area (Å²) in [7, 11) is 3.46. The summed E-state index contributed by atoms with van der Waals surface area (Å²) in [4.78, 5) is 30.8. The van der Waals surface area contributed by atoms with Crippen molar-refractivity contribution in [3.63, 3.8) is 0 Å². The first-order valence-corrected chi connectivity index (χ1v) is 44.9. The average molecular weight is 1720 g/mol. The van der Waals surface area contributed by atoms with Crippen LogP contribution in [0, 0.1) is 0 Å². The molecule has 0 spiro atoms. The van der Waals surface area contributed by atoms with Gasteiger partial charge < -0.3 is 18.6 Å². The molecule has 0 radical (unpaired) electrons. The molecule has 21 rings (SSSR count). The third-order valence-corrected chi connectivity index (χ3v) is 24.8. The van der Waals surface area contributed by atoms with Crippen molar-refractivity contribution < 1.29 is 20.0 Å². The molecule has 2 unspecified atom stereocenters. The molecular formula is C109H95B2BrN6O4P2. The van der Waals surface area contributed by atoms with Gasteiger partial charge in [-0.05, 0) is 224 Å². The number of fused-ring (bicyclic) bond motifs is 9. The molecule has 2 aliphatic rings. The second-order valence-electron chi connectivity index (χ2n) is 33.1. The molecule has 2 aliphatic heterocycles. The van der Waals surface area contributed by atoms with Gasteiger partial charge in [-0.1, -0.05) is 345 Å². The molecule has 2 atom stereocenters. The quantitative estimate of drug-likeness (QED) is 0.0665. The molecule has 2 aromatic heterocycles. The van der Waals surface area contributed by atoms with Gasteiger partial charge in [0.05, 0.1) is 22.4 Å². The Labute approximate surface area is 740 Å². The van der Waals surface area contributed by atoms with E-state index in [1.165, 1.54) is 64.6 Å². The van der Waals surface area contributed by atoms with Gasteiger partial charge in [-0.25, -0.2) is 29.9 Å². The van der Waals surface area contributed by atoms with E-state index in [1.807, 2.05) is 97.1 Å². The van der Waals surface area contributed by atoms with Crippen molar-refractivity contribution in [3.8, 4) is 113 Å². The summed E-state index contributed by atoms with van der Waals surface area (Å²) >= 11 is 3.62. The largest absolute Gasteiger partial charge is 0.494 e. The topological polar surface area (TPSA) is 114 Å². The highest BCUT2D eigenvalue weighted by molar-refractivity contribution is 9.10. The standard InChI is InChI=1S/C55H35N3.C39H41B2N3O4.C14H9Br.CH4.H4P2.H2/c1-3-16-36(17-4-1)38-22-15-23-41(30-38)54-56-53(37-18-5-2-6-19-37)57-55(58-54)44-32-42(51-34-39-20-7-9-24-45(39)47-26-11-13-28-49(47)51)31-43(33-44)52-35-40-21-8-10-25-46(40)48-27-12-14-29-50(48)52;1-36(2)37(3,4)46-40(45-36)31-23-30(24-32(25-31)41-47-38(5,6)39(7,8)48-41)35-43-33(27-18-13-10-14-19-27)42-34(44-35)29-21-15-20-28(22-29)26-16-11-9-12-17-26;15-14-9-10-5-1-2-6-11(10)12-7-3-4-8-13(12)14;;1-2;/h1-35H;9-25H,1-8H3;1-9H;1H4;1-2H2;1H/i;;;;;1+1. The Kier molecular flexibility index (Phi) is 24.0. The van der Waals surface area contributed by atoms with Gasteiger partial charge in [-0.2, -0.15) is 0 Å². The molecule has 15 heteroatoms. The Balaban J connectivity index is 0.000000155. The molecule has 0 N–H and O–H groups in total. The van der Waals surface area contributed by atoms with E-state index in [9.17, 15) is 0 Å². The van der Waals surface area contributed by atoms with Crippen molar-refractivity contribution in [2.24, 2.45) is 0 Å². The summed E-state index contributed by atoms with van der Waals surface area (Å²) < 4.78 is 27.3. The van der Waals surface area contributed by atoms with Crippen LogP contribution in [-0.2, 0) is 18.6 Å². The molecule has 0 aliphatic carbocycles. The number of benzene rings is 17. The van der Waals surface area contributed by atoms with E-state index in [4.69, 9.17) is 48.5 Å². The normalized spacial score (nSPS) is 14.1. The molecule has 19 aromatic rings. The number of nitrogens with zero attached hydrogens (tertiary/aromatic N) is 6. The van der Waals surface area contributed by atoms with Crippen LogP contribution in [0.2, 0.25) is 0 Å². The van der Waals surface area contributed by atoms with E-state index in [0.29, 0.717) is 34.9 Å². The van der Waals surface area contributed by atoms with E-state index in [-0.39, 0.29) is 8.85 Å². The third kappa shape index (κ3) is 17.0. The predicted molar refractivity (Wildman–Crippen MR) is 533 cm³/mol. The summed E-state index contributed by atoms with van der Waals surface area (Å²) in [5, 5.41) is 14.9. The Hall–Kier alpha value is -12.4. The number of hydrogen-bond donors (Lipinski definition) is 0. The molecular weight excluding hydrogens is 1620 g/mol. The lowest BCUT2D eigenvalue weighted by Gasteiger charge is -2.32. The Morgan fingerprint density at radius 1 is 0.226 bits per heavy atom. The molecule has 10 nitrogen and oxygen atoms in total. The molecule has 124 heavy (non-hydrogen) atoms. The van der Waals surface area contributed by atoms with Crippen LogP contribution in [-0.4, -0.2) is 66.5 Å². The highest BCUT2D eigenvalue weighted by Crippen LogP contribution is 2.45. The summed E-state index contributed by atoms with van der Waals surface area (Å²) in [5.74, 6) is 3.56. The van der Waals surface area contributed by atoms with Crippen LogP contribution in [0.1, 0.15) is 64.2 Å². The zero-order valence-electron chi connectivity index (χ0n) is 69.7. The van der Waals surface area contributed by atoms with Crippen molar-refractivity contribution >= 4 is 124 Å². The van der Waals surface area contributed by atoms with Crippen molar-refractivity contribution in [2.75, 3.05) is 0 Å². The SMILES string of the molecule is Brc1cc2ccccc2c2ccccc12.C.CC1(C)OB(c2cc(B3OC(C)(C)C(C)(C)O3)cc(-c3nc(-c4ccccc4)nc(-c4cccc(-c5ccccc5)c4)n3)c2)OC1(C)C.PP.[2HH].c1ccc(-c2cccc(-c3nc(-c4ccccc4)nc(-c4cc(-c5cc6ccccc6c6ccccc56)cc(-c5cc6ccccc6c6ccccc56)c4)n3)c2)cc1. The maximum absolute atomic E-state index is 6.52. The van der Waals surface area contributed by atoms with E-state index in [2.05, 4.69) is 362 Å². The lowest BCUT2D eigenvalue weighted by atomic mass is 9.71. The van der Waals surface area contributed by atoms with Gasteiger partial charge in [-0.3, -0.25) is 0 Å². The second kappa shape index (κ2) is 35.5. The van der Waals surface area contributed by atoms with Crippen LogP contribution in [0.25, 0.3) is 177 Å². The Morgan fingerprint density at radius 2 is 0.468 bits per heavy atom. The molecule has 2 saturated heterocycles. The first kappa shape index (κ1) is 83.9. The first-order chi connectivity index (χ1) is 59.8. The van der Waals surface area contributed by atoms with Crippen molar-refractivity contribution in [2.45, 2.75) is 85.2 Å². The van der Waals surface area contributed by atoms with Gasteiger partial charge in [0, 0.05) is 39.3 Å². The Morgan fingerprint density at radius 3 is 0.831 bits per heavy atom. The fraction of sp³-hybridized carbons (Fsp3) is 0.119. The van der Waals surface area contributed by atoms with Crippen LogP contribution < -0.4 is 10.9 Å². The minimum Gasteiger partial charge on any atom is -0.399 e. The van der Waals surface area contributed by atoms with Gasteiger partial charge in [0.15, 0.2) is 34.9 Å². The first-order valence-electron chi connectivity index (χ1n) is 41.5. The van der Waals surface area contributed by atoms with Crippen molar-refractivity contribution in [1.82, 2.24) is 29.9 Å². The molecule has 0 bridgehead atoms. The summed E-state index contributed by atoms with van der Waals surface area (Å²) in [6, 6.07) is 129. The zero-order valence-corrected chi connectivity index (χ0v) is 73.6. The monoisotopic (exact) mass is 1720 g/mol. The summed E-state index contributed by atoms with van der Waals surface area (Å²) in [6.45, 7) is 16.4. The van der Waals surface area contributed by atoms with Crippen molar-refractivity contribution in [3.05, 3.63) is 375 Å². The molecule has 0 amide bonds. The lowest BCUT2D eigenvalue weighted by Crippen LogP contribution is -2.41. The molecule has 4 heterocycles. The molecule has 0 saturated carbocycles. The number of hydrogen-bond acceptors (Lipinski definition) is 10. The van der Waals surface area contributed by atoms with E-state index >= 15 is 0 Å². The Bertz CT molecular complexity index is 6960. The van der Waals surface area contributed by atoms with Crippen molar-refractivity contribution in [1.29, 1.82) is 0 Å².